The van der Waals surface area contributed by atoms with E-state index in [0.29, 0.717) is 34.9 Å². The number of pyridine rings is 1. The van der Waals surface area contributed by atoms with Gasteiger partial charge in [-0.3, -0.25) is 0 Å². The Kier molecular flexibility index (Phi) is 5.51. The lowest BCUT2D eigenvalue weighted by molar-refractivity contribution is -0.147. The SMILES string of the molecule is Cc1cnc2c(c1)c(C#N)c(-c1ccc(S(=O)(=O)N[C@@H](C)C(F)(F)F)cc1)n2CC1CC1. The van der Waals surface area contributed by atoms with Crippen LogP contribution >= 0.6 is 0 Å². The molecule has 1 saturated carbocycles. The number of alkyl halides is 3. The summed E-state index contributed by atoms with van der Waals surface area (Å²) >= 11 is 0. The zero-order valence-electron chi connectivity index (χ0n) is 17.4. The first kappa shape index (κ1) is 22.3. The van der Waals surface area contributed by atoms with Crippen LogP contribution in [0.3, 0.4) is 0 Å². The van der Waals surface area contributed by atoms with E-state index in [9.17, 15) is 26.9 Å². The molecule has 0 spiro atoms. The zero-order valence-corrected chi connectivity index (χ0v) is 18.3. The van der Waals surface area contributed by atoms with Crippen molar-refractivity contribution in [1.82, 2.24) is 14.3 Å². The molecule has 0 radical (unpaired) electrons. The maximum Gasteiger partial charge on any atom is 0.404 e. The van der Waals surface area contributed by atoms with Gasteiger partial charge in [0.05, 0.1) is 16.2 Å². The highest BCUT2D eigenvalue weighted by Crippen LogP contribution is 2.38. The van der Waals surface area contributed by atoms with E-state index in [1.54, 1.807) is 10.9 Å². The Bertz CT molecular complexity index is 1320. The third-order valence-corrected chi connectivity index (χ3v) is 7.10. The molecular weight excluding hydrogens is 441 g/mol. The van der Waals surface area contributed by atoms with Crippen LogP contribution in [0.25, 0.3) is 22.3 Å². The monoisotopic (exact) mass is 462 g/mol. The van der Waals surface area contributed by atoms with Crippen LogP contribution < -0.4 is 4.72 Å². The number of hydrogen-bond acceptors (Lipinski definition) is 4. The molecule has 0 unspecified atom stereocenters. The molecule has 2 heterocycles. The smallest absolute Gasteiger partial charge is 0.324 e. The number of nitriles is 1. The lowest BCUT2D eigenvalue weighted by Crippen LogP contribution is -2.42. The van der Waals surface area contributed by atoms with Crippen molar-refractivity contribution in [2.24, 2.45) is 5.92 Å². The maximum atomic E-state index is 12.8. The van der Waals surface area contributed by atoms with Crippen LogP contribution in [0.15, 0.2) is 41.4 Å². The summed E-state index contributed by atoms with van der Waals surface area (Å²) in [5.74, 6) is 0.492. The highest BCUT2D eigenvalue weighted by atomic mass is 32.2. The molecule has 1 N–H and O–H groups in total. The predicted octanol–water partition coefficient (Wildman–Crippen LogP) is 4.52. The van der Waals surface area contributed by atoms with Crippen molar-refractivity contribution in [2.75, 3.05) is 0 Å². The number of benzene rings is 1. The molecule has 0 bridgehead atoms. The van der Waals surface area contributed by atoms with Gasteiger partial charge in [0.15, 0.2) is 0 Å². The molecule has 1 aromatic carbocycles. The number of fused-ring (bicyclic) bond motifs is 1. The van der Waals surface area contributed by atoms with Crippen LogP contribution in [0.2, 0.25) is 0 Å². The molecule has 6 nitrogen and oxygen atoms in total. The second-order valence-corrected chi connectivity index (χ2v) is 9.90. The zero-order chi connectivity index (χ0) is 23.3. The Morgan fingerprint density at radius 3 is 2.50 bits per heavy atom. The summed E-state index contributed by atoms with van der Waals surface area (Å²) in [5, 5.41) is 10.6. The van der Waals surface area contributed by atoms with Crippen molar-refractivity contribution in [3.8, 4) is 17.3 Å². The van der Waals surface area contributed by atoms with Crippen molar-refractivity contribution in [3.63, 3.8) is 0 Å². The normalized spacial score (nSPS) is 15.6. The van der Waals surface area contributed by atoms with Gasteiger partial charge in [-0.15, -0.1) is 0 Å². The van der Waals surface area contributed by atoms with Gasteiger partial charge in [0.2, 0.25) is 10.0 Å². The van der Waals surface area contributed by atoms with Crippen molar-refractivity contribution < 1.29 is 21.6 Å². The summed E-state index contributed by atoms with van der Waals surface area (Å²) in [6.45, 7) is 3.32. The van der Waals surface area contributed by atoms with Crippen LogP contribution in [-0.4, -0.2) is 30.2 Å². The predicted molar refractivity (Wildman–Crippen MR) is 113 cm³/mol. The van der Waals surface area contributed by atoms with Crippen molar-refractivity contribution in [3.05, 3.63) is 47.7 Å². The molecule has 3 aromatic rings. The van der Waals surface area contributed by atoms with Crippen LogP contribution in [0.1, 0.15) is 30.9 Å². The molecule has 1 aliphatic carbocycles. The van der Waals surface area contributed by atoms with E-state index >= 15 is 0 Å². The summed E-state index contributed by atoms with van der Waals surface area (Å²) in [5.41, 5.74) is 3.27. The first-order valence-electron chi connectivity index (χ1n) is 10.1. The average molecular weight is 462 g/mol. The summed E-state index contributed by atoms with van der Waals surface area (Å²) < 4.78 is 66.7. The van der Waals surface area contributed by atoms with Gasteiger partial charge in [0.1, 0.15) is 17.8 Å². The van der Waals surface area contributed by atoms with Crippen LogP contribution in [0, 0.1) is 24.2 Å². The van der Waals surface area contributed by atoms with Gasteiger partial charge in [-0.25, -0.2) is 13.4 Å². The Balaban J connectivity index is 1.77. The van der Waals surface area contributed by atoms with Gasteiger partial charge in [0.25, 0.3) is 0 Å². The summed E-state index contributed by atoms with van der Waals surface area (Å²) in [4.78, 5) is 4.25. The fourth-order valence-electron chi connectivity index (χ4n) is 3.64. The van der Waals surface area contributed by atoms with Crippen molar-refractivity contribution in [1.29, 1.82) is 5.26 Å². The summed E-state index contributed by atoms with van der Waals surface area (Å²) in [6, 6.07) is 7.46. The van der Waals surface area contributed by atoms with Crippen LogP contribution in [-0.2, 0) is 16.6 Å². The van der Waals surface area contributed by atoms with Gasteiger partial charge in [-0.05, 0) is 61.9 Å². The van der Waals surface area contributed by atoms with Gasteiger partial charge in [0, 0.05) is 18.1 Å². The second-order valence-electron chi connectivity index (χ2n) is 8.18. The maximum absolute atomic E-state index is 12.8. The number of aryl methyl sites for hydroxylation is 1. The number of halogens is 3. The lowest BCUT2D eigenvalue weighted by Gasteiger charge is -2.17. The number of nitrogens with zero attached hydrogens (tertiary/aromatic N) is 3. The fourth-order valence-corrected chi connectivity index (χ4v) is 4.87. The molecule has 1 aliphatic rings. The molecule has 1 atom stereocenters. The van der Waals surface area contributed by atoms with Crippen molar-refractivity contribution in [2.45, 2.75) is 50.3 Å². The summed E-state index contributed by atoms with van der Waals surface area (Å²) in [6.07, 6.45) is -0.774. The third kappa shape index (κ3) is 4.23. The molecule has 0 aliphatic heterocycles. The molecule has 0 amide bonds. The molecule has 168 valence electrons. The molecule has 4 rings (SSSR count). The van der Waals surface area contributed by atoms with Gasteiger partial charge in [-0.1, -0.05) is 12.1 Å². The number of hydrogen-bond donors (Lipinski definition) is 1. The number of aromatic nitrogens is 2. The van der Waals surface area contributed by atoms with E-state index in [2.05, 4.69) is 11.1 Å². The standard InChI is InChI=1S/C22H21F3N4O2S/c1-13-9-18-19(10-26)20(29(12-15-3-4-15)21(18)27-11-13)16-5-7-17(8-6-16)32(30,31)28-14(2)22(23,24)25/h5-9,11,14-15,28H,3-4,12H2,1-2H3/t14-/m0/s1. The molecule has 10 heteroatoms. The Hall–Kier alpha value is -2.90. The number of rotatable bonds is 6. The molecule has 2 aromatic heterocycles. The van der Waals surface area contributed by atoms with E-state index < -0.39 is 22.2 Å². The molecule has 32 heavy (non-hydrogen) atoms. The lowest BCUT2D eigenvalue weighted by atomic mass is 10.1. The highest BCUT2D eigenvalue weighted by molar-refractivity contribution is 7.89. The third-order valence-electron chi connectivity index (χ3n) is 5.55. The quantitative estimate of drug-likeness (QED) is 0.583. The first-order chi connectivity index (χ1) is 15.0. The topological polar surface area (TPSA) is 87.8 Å². The Morgan fingerprint density at radius 2 is 1.94 bits per heavy atom. The minimum absolute atomic E-state index is 0.283. The highest BCUT2D eigenvalue weighted by Gasteiger charge is 2.39. The van der Waals surface area contributed by atoms with E-state index in [0.717, 1.165) is 30.7 Å². The average Bonchev–Trinajstić information content (AvgIpc) is 3.48. The second kappa shape index (κ2) is 7.90. The largest absolute Gasteiger partial charge is 0.404 e. The number of sulfonamides is 1. The molecular formula is C22H21F3N4O2S. The first-order valence-corrected chi connectivity index (χ1v) is 11.6. The van der Waals surface area contributed by atoms with Gasteiger partial charge < -0.3 is 4.57 Å². The van der Waals surface area contributed by atoms with E-state index in [1.807, 2.05) is 17.6 Å². The van der Waals surface area contributed by atoms with Gasteiger partial charge in [-0.2, -0.15) is 23.2 Å². The van der Waals surface area contributed by atoms with E-state index in [-0.39, 0.29) is 4.90 Å². The summed E-state index contributed by atoms with van der Waals surface area (Å²) in [7, 11) is -4.36. The minimum Gasteiger partial charge on any atom is -0.324 e. The molecule has 1 fully saturated rings. The van der Waals surface area contributed by atoms with E-state index in [4.69, 9.17) is 0 Å². The molecule has 0 saturated heterocycles. The van der Waals surface area contributed by atoms with E-state index in [1.165, 1.54) is 24.3 Å². The van der Waals surface area contributed by atoms with Gasteiger partial charge >= 0.3 is 6.18 Å². The van der Waals surface area contributed by atoms with Crippen LogP contribution in [0.4, 0.5) is 13.2 Å². The fraction of sp³-hybridized carbons (Fsp3) is 0.364. The van der Waals surface area contributed by atoms with Crippen LogP contribution in [0.5, 0.6) is 0 Å². The number of nitrogens with one attached hydrogen (secondary N) is 1. The Morgan fingerprint density at radius 1 is 1.28 bits per heavy atom. The Labute approximate surface area is 183 Å². The van der Waals surface area contributed by atoms with Crippen molar-refractivity contribution >= 4 is 21.1 Å². The minimum atomic E-state index is -4.69.